The van der Waals surface area contributed by atoms with Gasteiger partial charge < -0.3 is 14.8 Å². The summed E-state index contributed by atoms with van der Waals surface area (Å²) < 4.78 is 23.3. The third-order valence-electron chi connectivity index (χ3n) is 2.35. The minimum atomic E-state index is -0.527. The summed E-state index contributed by atoms with van der Waals surface area (Å²) in [6.07, 6.45) is -0.411. The molecule has 0 spiro atoms. The lowest BCUT2D eigenvalue weighted by Crippen LogP contribution is -2.33. The van der Waals surface area contributed by atoms with E-state index in [1.165, 1.54) is 26.4 Å². The topological polar surface area (TPSA) is 54.3 Å². The molecule has 0 fully saturated rings. The van der Waals surface area contributed by atoms with Gasteiger partial charge in [0.15, 0.2) is 6.29 Å². The van der Waals surface area contributed by atoms with Crippen LogP contribution in [0.2, 0.25) is 0 Å². The molecule has 1 aromatic rings. The zero-order valence-corrected chi connectivity index (χ0v) is 10.0. The molecule has 5 heteroatoms. The van der Waals surface area contributed by atoms with E-state index in [2.05, 4.69) is 5.32 Å². The highest BCUT2D eigenvalue weighted by Gasteiger charge is 2.15. The molecule has 0 saturated heterocycles. The summed E-state index contributed by atoms with van der Waals surface area (Å²) in [6, 6.07) is 5.93. The maximum absolute atomic E-state index is 13.1. The first kappa shape index (κ1) is 13.4. The largest absolute Gasteiger partial charge is 0.377 e. The monoisotopic (exact) mass is 238 g/mol. The van der Waals surface area contributed by atoms with Crippen LogP contribution in [0.25, 0.3) is 0 Å². The molecule has 0 aliphatic rings. The van der Waals surface area contributed by atoms with Crippen LogP contribution in [-0.4, -0.2) is 26.6 Å². The zero-order valence-electron chi connectivity index (χ0n) is 10.0. The van der Waals surface area contributed by atoms with Crippen molar-refractivity contribution in [3.63, 3.8) is 0 Å². The summed E-state index contributed by atoms with van der Waals surface area (Å²) in [6.45, 7) is 1.87. The summed E-state index contributed by atoms with van der Waals surface area (Å²) in [5.74, 6) is -0.527. The molecule has 1 atom stereocenters. The van der Waals surface area contributed by atoms with Crippen molar-refractivity contribution in [2.45, 2.75) is 19.3 Å². The summed E-state index contributed by atoms with van der Waals surface area (Å²) in [7, 11) is 3.08. The van der Waals surface area contributed by atoms with Gasteiger partial charge in [-0.1, -0.05) is 0 Å². The Hall–Kier alpha value is -1.64. The molecule has 0 amide bonds. The first-order valence-corrected chi connectivity index (χ1v) is 5.14. The van der Waals surface area contributed by atoms with E-state index in [1.54, 1.807) is 12.1 Å². The van der Waals surface area contributed by atoms with Gasteiger partial charge >= 0.3 is 0 Å². The fourth-order valence-corrected chi connectivity index (χ4v) is 1.54. The van der Waals surface area contributed by atoms with Gasteiger partial charge in [0.2, 0.25) is 0 Å². The van der Waals surface area contributed by atoms with Crippen LogP contribution in [0.15, 0.2) is 18.2 Å². The molecule has 1 N–H and O–H groups in total. The molecule has 0 radical (unpaired) electrons. The highest BCUT2D eigenvalue weighted by Crippen LogP contribution is 2.16. The molecule has 4 nitrogen and oxygen atoms in total. The van der Waals surface area contributed by atoms with Crippen LogP contribution in [0.1, 0.15) is 12.5 Å². The minimum absolute atomic E-state index is 0.00795. The highest BCUT2D eigenvalue weighted by molar-refractivity contribution is 5.50. The Morgan fingerprint density at radius 2 is 2.00 bits per heavy atom. The van der Waals surface area contributed by atoms with Crippen LogP contribution in [0.3, 0.4) is 0 Å². The minimum Gasteiger partial charge on any atom is -0.377 e. The number of benzene rings is 1. The number of nitrogens with zero attached hydrogens (tertiary/aromatic N) is 1. The first-order chi connectivity index (χ1) is 8.12. The normalized spacial score (nSPS) is 12.2. The third-order valence-corrected chi connectivity index (χ3v) is 2.35. The van der Waals surface area contributed by atoms with Crippen molar-refractivity contribution in [2.75, 3.05) is 19.5 Å². The Kier molecular flexibility index (Phi) is 4.88. The van der Waals surface area contributed by atoms with Crippen LogP contribution < -0.4 is 5.32 Å². The number of methoxy groups -OCH3 is 2. The number of ether oxygens (including phenoxy) is 2. The second-order valence-electron chi connectivity index (χ2n) is 3.58. The Morgan fingerprint density at radius 3 is 2.53 bits per heavy atom. The Balaban J connectivity index is 2.78. The molecular formula is C12H15FN2O2. The lowest BCUT2D eigenvalue weighted by Gasteiger charge is -2.23. The molecule has 17 heavy (non-hydrogen) atoms. The van der Waals surface area contributed by atoms with Gasteiger partial charge in [0.25, 0.3) is 0 Å². The Morgan fingerprint density at radius 1 is 1.35 bits per heavy atom. The van der Waals surface area contributed by atoms with E-state index < -0.39 is 12.1 Å². The van der Waals surface area contributed by atoms with Crippen molar-refractivity contribution in [3.8, 4) is 6.07 Å². The predicted octanol–water partition coefficient (Wildman–Crippen LogP) is 2.12. The first-order valence-electron chi connectivity index (χ1n) is 5.14. The van der Waals surface area contributed by atoms with Crippen LogP contribution in [0, 0.1) is 17.1 Å². The van der Waals surface area contributed by atoms with Crippen LogP contribution in [0.5, 0.6) is 0 Å². The van der Waals surface area contributed by atoms with Crippen LogP contribution in [-0.2, 0) is 9.47 Å². The lowest BCUT2D eigenvalue weighted by atomic mass is 10.2. The Labute approximate surface area is 100.0 Å². The van der Waals surface area contributed by atoms with Crippen molar-refractivity contribution in [2.24, 2.45) is 0 Å². The molecule has 0 saturated carbocycles. The number of nitriles is 1. The summed E-state index contributed by atoms with van der Waals surface area (Å²) in [5, 5.41) is 11.8. The maximum Gasteiger partial charge on any atom is 0.176 e. The predicted molar refractivity (Wildman–Crippen MR) is 62.0 cm³/mol. The van der Waals surface area contributed by atoms with Gasteiger partial charge in [-0.05, 0) is 25.1 Å². The van der Waals surface area contributed by atoms with Crippen LogP contribution >= 0.6 is 0 Å². The summed E-state index contributed by atoms with van der Waals surface area (Å²) in [4.78, 5) is 0. The SMILES string of the molecule is COC(OC)C(C)Nc1ccc(F)c(C#N)c1. The van der Waals surface area contributed by atoms with E-state index >= 15 is 0 Å². The second kappa shape index (κ2) is 6.18. The molecule has 0 bridgehead atoms. The summed E-state index contributed by atoms with van der Waals surface area (Å²) >= 11 is 0. The smallest absolute Gasteiger partial charge is 0.176 e. The number of anilines is 1. The molecule has 0 aliphatic carbocycles. The molecule has 0 heterocycles. The van der Waals surface area contributed by atoms with Crippen molar-refractivity contribution < 1.29 is 13.9 Å². The highest BCUT2D eigenvalue weighted by atomic mass is 19.1. The second-order valence-corrected chi connectivity index (χ2v) is 3.58. The van der Waals surface area contributed by atoms with Crippen molar-refractivity contribution in [3.05, 3.63) is 29.6 Å². The zero-order chi connectivity index (χ0) is 12.8. The van der Waals surface area contributed by atoms with E-state index in [1.807, 2.05) is 6.92 Å². The quantitative estimate of drug-likeness (QED) is 0.798. The number of rotatable bonds is 5. The van der Waals surface area contributed by atoms with E-state index in [0.29, 0.717) is 5.69 Å². The van der Waals surface area contributed by atoms with E-state index in [9.17, 15) is 4.39 Å². The number of halogens is 1. The van der Waals surface area contributed by atoms with Gasteiger partial charge in [0.1, 0.15) is 11.9 Å². The van der Waals surface area contributed by atoms with Gasteiger partial charge in [-0.15, -0.1) is 0 Å². The summed E-state index contributed by atoms with van der Waals surface area (Å²) in [5.41, 5.74) is 0.656. The molecular weight excluding hydrogens is 223 g/mol. The molecule has 1 unspecified atom stereocenters. The molecule has 0 aliphatic heterocycles. The molecule has 92 valence electrons. The van der Waals surface area contributed by atoms with E-state index in [4.69, 9.17) is 14.7 Å². The van der Waals surface area contributed by atoms with Gasteiger partial charge in [-0.3, -0.25) is 0 Å². The van der Waals surface area contributed by atoms with Gasteiger partial charge in [-0.25, -0.2) is 4.39 Å². The van der Waals surface area contributed by atoms with Gasteiger partial charge in [0, 0.05) is 19.9 Å². The maximum atomic E-state index is 13.1. The lowest BCUT2D eigenvalue weighted by molar-refractivity contribution is -0.109. The average molecular weight is 238 g/mol. The fourth-order valence-electron chi connectivity index (χ4n) is 1.54. The standard InChI is InChI=1S/C12H15FN2O2/c1-8(12(16-2)17-3)15-10-4-5-11(13)9(6-10)7-14/h4-6,8,12,15H,1-3H3. The number of nitrogens with one attached hydrogen (secondary N) is 1. The van der Waals surface area contributed by atoms with Gasteiger partial charge in [0.05, 0.1) is 11.6 Å². The van der Waals surface area contributed by atoms with Crippen LogP contribution in [0.4, 0.5) is 10.1 Å². The van der Waals surface area contributed by atoms with Crippen molar-refractivity contribution in [1.29, 1.82) is 5.26 Å². The number of hydrogen-bond acceptors (Lipinski definition) is 4. The molecule has 1 rings (SSSR count). The van der Waals surface area contributed by atoms with Crippen molar-refractivity contribution in [1.82, 2.24) is 0 Å². The van der Waals surface area contributed by atoms with Gasteiger partial charge in [-0.2, -0.15) is 5.26 Å². The van der Waals surface area contributed by atoms with E-state index in [0.717, 1.165) is 0 Å². The molecule has 0 aromatic heterocycles. The Bertz CT molecular complexity index is 413. The third kappa shape index (κ3) is 3.41. The average Bonchev–Trinajstić information content (AvgIpc) is 2.33. The fraction of sp³-hybridized carbons (Fsp3) is 0.417. The molecule has 1 aromatic carbocycles. The number of hydrogen-bond donors (Lipinski definition) is 1. The van der Waals surface area contributed by atoms with Crippen molar-refractivity contribution >= 4 is 5.69 Å². The van der Waals surface area contributed by atoms with E-state index in [-0.39, 0.29) is 11.6 Å².